The van der Waals surface area contributed by atoms with Crippen molar-refractivity contribution in [2.24, 2.45) is 11.8 Å². The SMILES string of the molecule is CC(C)C(=O)N(CC(F)(F)F)C(C)C1CC1. The Morgan fingerprint density at radius 3 is 2.12 bits per heavy atom. The lowest BCUT2D eigenvalue weighted by atomic mass is 10.1. The zero-order valence-electron chi connectivity index (χ0n) is 9.84. The van der Waals surface area contributed by atoms with E-state index in [4.69, 9.17) is 0 Å². The molecule has 1 rings (SSSR count). The first kappa shape index (κ1) is 13.3. The van der Waals surface area contributed by atoms with Crippen LogP contribution in [0.15, 0.2) is 0 Å². The fourth-order valence-electron chi connectivity index (χ4n) is 1.78. The van der Waals surface area contributed by atoms with Gasteiger partial charge < -0.3 is 4.90 Å². The Balaban J connectivity index is 2.71. The molecule has 2 nitrogen and oxygen atoms in total. The second-order valence-electron chi connectivity index (χ2n) is 4.81. The second kappa shape index (κ2) is 4.63. The number of amides is 1. The Bertz CT molecular complexity index is 258. The summed E-state index contributed by atoms with van der Waals surface area (Å²) in [6.45, 7) is 3.85. The van der Waals surface area contributed by atoms with Crippen LogP contribution in [-0.2, 0) is 4.79 Å². The molecule has 5 heteroatoms. The van der Waals surface area contributed by atoms with Crippen LogP contribution < -0.4 is 0 Å². The minimum atomic E-state index is -4.31. The highest BCUT2D eigenvalue weighted by atomic mass is 19.4. The fraction of sp³-hybridized carbons (Fsp3) is 0.909. The highest BCUT2D eigenvalue weighted by molar-refractivity contribution is 5.78. The van der Waals surface area contributed by atoms with Gasteiger partial charge in [0.05, 0.1) is 0 Å². The number of hydrogen-bond acceptors (Lipinski definition) is 1. The van der Waals surface area contributed by atoms with Crippen molar-refractivity contribution in [1.29, 1.82) is 0 Å². The van der Waals surface area contributed by atoms with Crippen molar-refractivity contribution in [3.63, 3.8) is 0 Å². The van der Waals surface area contributed by atoms with E-state index >= 15 is 0 Å². The van der Waals surface area contributed by atoms with E-state index in [1.165, 1.54) is 0 Å². The second-order valence-corrected chi connectivity index (χ2v) is 4.81. The van der Waals surface area contributed by atoms with E-state index in [0.717, 1.165) is 17.7 Å². The Hall–Kier alpha value is -0.740. The normalized spacial score (nSPS) is 18.7. The first-order valence-corrected chi connectivity index (χ1v) is 5.59. The average Bonchev–Trinajstić information content (AvgIpc) is 2.93. The van der Waals surface area contributed by atoms with Crippen LogP contribution >= 0.6 is 0 Å². The summed E-state index contributed by atoms with van der Waals surface area (Å²) in [6, 6.07) is -0.295. The minimum absolute atomic E-state index is 0.255. The van der Waals surface area contributed by atoms with Crippen LogP contribution in [0.1, 0.15) is 33.6 Å². The zero-order valence-corrected chi connectivity index (χ0v) is 9.84. The van der Waals surface area contributed by atoms with Crippen molar-refractivity contribution in [3.8, 4) is 0 Å². The van der Waals surface area contributed by atoms with E-state index in [1.54, 1.807) is 20.8 Å². The Labute approximate surface area is 93.8 Å². The van der Waals surface area contributed by atoms with E-state index in [9.17, 15) is 18.0 Å². The van der Waals surface area contributed by atoms with Crippen LogP contribution in [0.4, 0.5) is 13.2 Å². The highest BCUT2D eigenvalue weighted by Gasteiger charge is 2.40. The summed E-state index contributed by atoms with van der Waals surface area (Å²) >= 11 is 0. The van der Waals surface area contributed by atoms with Crippen LogP contribution in [0.5, 0.6) is 0 Å². The lowest BCUT2D eigenvalue weighted by Gasteiger charge is -2.31. The highest BCUT2D eigenvalue weighted by Crippen LogP contribution is 2.36. The quantitative estimate of drug-likeness (QED) is 0.736. The number of carbonyl (C=O) groups excluding carboxylic acids is 1. The van der Waals surface area contributed by atoms with E-state index < -0.39 is 18.6 Å². The molecule has 1 unspecified atom stereocenters. The van der Waals surface area contributed by atoms with Gasteiger partial charge in [0.2, 0.25) is 5.91 Å². The predicted octanol–water partition coefficient (Wildman–Crippen LogP) is 2.83. The van der Waals surface area contributed by atoms with Crippen LogP contribution in [0.2, 0.25) is 0 Å². The van der Waals surface area contributed by atoms with Crippen molar-refractivity contribution < 1.29 is 18.0 Å². The molecule has 0 bridgehead atoms. The zero-order chi connectivity index (χ0) is 12.5. The molecule has 0 radical (unpaired) electrons. The molecule has 1 amide bonds. The van der Waals surface area contributed by atoms with Gasteiger partial charge in [-0.05, 0) is 25.7 Å². The third-order valence-corrected chi connectivity index (χ3v) is 2.92. The van der Waals surface area contributed by atoms with Crippen molar-refractivity contribution in [2.45, 2.75) is 45.8 Å². The number of halogens is 3. The topological polar surface area (TPSA) is 20.3 Å². The summed E-state index contributed by atoms with van der Waals surface area (Å²) in [6.07, 6.45) is -2.45. The third-order valence-electron chi connectivity index (χ3n) is 2.92. The third kappa shape index (κ3) is 3.68. The van der Waals surface area contributed by atoms with Crippen LogP contribution in [-0.4, -0.2) is 29.6 Å². The number of rotatable bonds is 4. The van der Waals surface area contributed by atoms with E-state index in [2.05, 4.69) is 0 Å². The standard InChI is InChI=1S/C11H18F3NO/c1-7(2)10(16)15(6-11(12,13)14)8(3)9-4-5-9/h7-9H,4-6H2,1-3H3. The van der Waals surface area contributed by atoms with E-state index in [-0.39, 0.29) is 17.9 Å². The molecule has 0 aromatic rings. The maximum Gasteiger partial charge on any atom is 0.406 e. The molecule has 0 saturated heterocycles. The Morgan fingerprint density at radius 2 is 1.81 bits per heavy atom. The molecular formula is C11H18F3NO. The molecule has 1 aliphatic rings. The molecule has 0 aliphatic heterocycles. The molecule has 94 valence electrons. The maximum atomic E-state index is 12.4. The predicted molar refractivity (Wildman–Crippen MR) is 54.8 cm³/mol. The van der Waals surface area contributed by atoms with Gasteiger partial charge in [0.25, 0.3) is 0 Å². The number of carbonyl (C=O) groups is 1. The van der Waals surface area contributed by atoms with Gasteiger partial charge in [-0.2, -0.15) is 13.2 Å². The van der Waals surface area contributed by atoms with Gasteiger partial charge in [-0.15, -0.1) is 0 Å². The number of nitrogens with zero attached hydrogens (tertiary/aromatic N) is 1. The van der Waals surface area contributed by atoms with E-state index in [1.807, 2.05) is 0 Å². The van der Waals surface area contributed by atoms with Gasteiger partial charge in [0.15, 0.2) is 0 Å². The number of hydrogen-bond donors (Lipinski definition) is 0. The summed E-state index contributed by atoms with van der Waals surface area (Å²) < 4.78 is 37.1. The smallest absolute Gasteiger partial charge is 0.330 e. The number of alkyl halides is 3. The first-order valence-electron chi connectivity index (χ1n) is 5.59. The van der Waals surface area contributed by atoms with Gasteiger partial charge in [-0.25, -0.2) is 0 Å². The van der Waals surface area contributed by atoms with Gasteiger partial charge in [-0.3, -0.25) is 4.79 Å². The molecule has 1 fully saturated rings. The molecule has 0 spiro atoms. The molecule has 1 aliphatic carbocycles. The molecule has 1 saturated carbocycles. The lowest BCUT2D eigenvalue weighted by Crippen LogP contribution is -2.47. The van der Waals surface area contributed by atoms with Crippen LogP contribution in [0, 0.1) is 11.8 Å². The summed E-state index contributed by atoms with van der Waals surface area (Å²) in [5.41, 5.74) is 0. The van der Waals surface area contributed by atoms with Crippen molar-refractivity contribution in [3.05, 3.63) is 0 Å². The summed E-state index contributed by atoms with van der Waals surface area (Å²) in [5, 5.41) is 0. The Morgan fingerprint density at radius 1 is 1.31 bits per heavy atom. The summed E-state index contributed by atoms with van der Waals surface area (Å²) in [4.78, 5) is 12.7. The monoisotopic (exact) mass is 237 g/mol. The molecule has 0 aromatic heterocycles. The average molecular weight is 237 g/mol. The van der Waals surface area contributed by atoms with Crippen molar-refractivity contribution in [1.82, 2.24) is 4.90 Å². The van der Waals surface area contributed by atoms with Crippen molar-refractivity contribution in [2.75, 3.05) is 6.54 Å². The minimum Gasteiger partial charge on any atom is -0.330 e. The molecular weight excluding hydrogens is 219 g/mol. The molecule has 1 atom stereocenters. The molecule has 16 heavy (non-hydrogen) atoms. The lowest BCUT2D eigenvalue weighted by molar-refractivity contribution is -0.168. The van der Waals surface area contributed by atoms with Gasteiger partial charge in [0.1, 0.15) is 6.54 Å². The van der Waals surface area contributed by atoms with E-state index in [0.29, 0.717) is 0 Å². The van der Waals surface area contributed by atoms with Gasteiger partial charge in [-0.1, -0.05) is 13.8 Å². The maximum absolute atomic E-state index is 12.4. The summed E-state index contributed by atoms with van der Waals surface area (Å²) in [5.74, 6) is -0.537. The Kier molecular flexibility index (Phi) is 3.86. The first-order chi connectivity index (χ1) is 7.22. The largest absolute Gasteiger partial charge is 0.406 e. The van der Waals surface area contributed by atoms with Gasteiger partial charge in [0, 0.05) is 12.0 Å². The fourth-order valence-corrected chi connectivity index (χ4v) is 1.78. The molecule has 0 aromatic carbocycles. The molecule has 0 heterocycles. The van der Waals surface area contributed by atoms with Gasteiger partial charge >= 0.3 is 6.18 Å². The van der Waals surface area contributed by atoms with Crippen LogP contribution in [0.25, 0.3) is 0 Å². The van der Waals surface area contributed by atoms with Crippen molar-refractivity contribution >= 4 is 5.91 Å². The summed E-state index contributed by atoms with van der Waals surface area (Å²) in [7, 11) is 0. The molecule has 0 N–H and O–H groups in total. The van der Waals surface area contributed by atoms with Crippen LogP contribution in [0.3, 0.4) is 0 Å².